The molecule has 0 fully saturated rings. The van der Waals surface area contributed by atoms with E-state index in [1.165, 1.54) is 0 Å². The summed E-state index contributed by atoms with van der Waals surface area (Å²) in [6, 6.07) is 13.1. The molecule has 2 heterocycles. The molecular weight excluding hydrogens is 352 g/mol. The van der Waals surface area contributed by atoms with Gasteiger partial charge >= 0.3 is 0 Å². The second-order valence-electron chi connectivity index (χ2n) is 5.39. The van der Waals surface area contributed by atoms with Gasteiger partial charge in [0.15, 0.2) is 5.96 Å². The lowest BCUT2D eigenvalue weighted by Gasteiger charge is -2.09. The van der Waals surface area contributed by atoms with Crippen molar-refractivity contribution >= 4 is 17.6 Å². The van der Waals surface area contributed by atoms with Crippen LogP contribution in [0.5, 0.6) is 0 Å². The van der Waals surface area contributed by atoms with E-state index in [0.717, 1.165) is 17.8 Å². The zero-order valence-corrected chi connectivity index (χ0v) is 15.1. The van der Waals surface area contributed by atoms with Crippen molar-refractivity contribution in [2.45, 2.75) is 20.0 Å². The van der Waals surface area contributed by atoms with Gasteiger partial charge in [-0.25, -0.2) is 4.99 Å². The SMILES string of the molecule is CCNC(=NCc1ccccn1)NCc1nc(-c2cccc(Cl)c2)no1. The minimum Gasteiger partial charge on any atom is -0.357 e. The summed E-state index contributed by atoms with van der Waals surface area (Å²) in [4.78, 5) is 13.1. The highest BCUT2D eigenvalue weighted by molar-refractivity contribution is 6.30. The first-order valence-electron chi connectivity index (χ1n) is 8.25. The van der Waals surface area contributed by atoms with E-state index >= 15 is 0 Å². The number of benzene rings is 1. The highest BCUT2D eigenvalue weighted by Crippen LogP contribution is 2.19. The van der Waals surface area contributed by atoms with Gasteiger partial charge < -0.3 is 15.2 Å². The summed E-state index contributed by atoms with van der Waals surface area (Å²) < 4.78 is 5.29. The molecule has 8 heteroatoms. The van der Waals surface area contributed by atoms with Crippen LogP contribution in [-0.2, 0) is 13.1 Å². The van der Waals surface area contributed by atoms with Crippen molar-refractivity contribution in [3.8, 4) is 11.4 Å². The minimum atomic E-state index is 0.363. The molecule has 2 aromatic heterocycles. The van der Waals surface area contributed by atoms with Crippen LogP contribution in [0, 0.1) is 0 Å². The average molecular weight is 371 g/mol. The second kappa shape index (κ2) is 8.96. The Labute approximate surface area is 156 Å². The summed E-state index contributed by atoms with van der Waals surface area (Å²) in [6.45, 7) is 3.59. The third-order valence-corrected chi connectivity index (χ3v) is 3.66. The number of rotatable bonds is 6. The normalized spacial score (nSPS) is 11.4. The first-order chi connectivity index (χ1) is 12.7. The van der Waals surface area contributed by atoms with E-state index in [1.54, 1.807) is 18.3 Å². The molecule has 2 N–H and O–H groups in total. The van der Waals surface area contributed by atoms with Gasteiger partial charge in [0.1, 0.15) is 0 Å². The number of hydrogen-bond donors (Lipinski definition) is 2. The van der Waals surface area contributed by atoms with Crippen LogP contribution in [0.25, 0.3) is 11.4 Å². The van der Waals surface area contributed by atoms with Crippen molar-refractivity contribution in [3.63, 3.8) is 0 Å². The lowest BCUT2D eigenvalue weighted by molar-refractivity contribution is 0.375. The smallest absolute Gasteiger partial charge is 0.246 e. The van der Waals surface area contributed by atoms with E-state index in [4.69, 9.17) is 16.1 Å². The van der Waals surface area contributed by atoms with Crippen molar-refractivity contribution < 1.29 is 4.52 Å². The number of nitrogens with one attached hydrogen (secondary N) is 2. The molecule has 0 saturated heterocycles. The molecule has 0 atom stereocenters. The molecule has 3 rings (SSSR count). The van der Waals surface area contributed by atoms with Crippen molar-refractivity contribution in [2.24, 2.45) is 4.99 Å². The van der Waals surface area contributed by atoms with Crippen molar-refractivity contribution in [3.05, 3.63) is 65.3 Å². The topological polar surface area (TPSA) is 88.2 Å². The Balaban J connectivity index is 1.62. The predicted molar refractivity (Wildman–Crippen MR) is 101 cm³/mol. The van der Waals surface area contributed by atoms with E-state index in [2.05, 4.69) is 30.8 Å². The van der Waals surface area contributed by atoms with Crippen LogP contribution in [0.1, 0.15) is 18.5 Å². The molecule has 0 bridgehead atoms. The van der Waals surface area contributed by atoms with Gasteiger partial charge in [0.2, 0.25) is 11.7 Å². The molecule has 3 aromatic rings. The maximum absolute atomic E-state index is 6.00. The lowest BCUT2D eigenvalue weighted by atomic mass is 10.2. The van der Waals surface area contributed by atoms with Gasteiger partial charge in [-0.3, -0.25) is 4.98 Å². The maximum Gasteiger partial charge on any atom is 0.246 e. The molecule has 1 aromatic carbocycles. The summed E-state index contributed by atoms with van der Waals surface area (Å²) >= 11 is 6.00. The summed E-state index contributed by atoms with van der Waals surface area (Å²) in [5.41, 5.74) is 1.70. The number of aromatic nitrogens is 3. The number of halogens is 1. The Morgan fingerprint density at radius 1 is 1.19 bits per heavy atom. The van der Waals surface area contributed by atoms with Crippen LogP contribution in [0.4, 0.5) is 0 Å². The summed E-state index contributed by atoms with van der Waals surface area (Å²) in [5.74, 6) is 1.61. The molecule has 0 aliphatic rings. The van der Waals surface area contributed by atoms with Gasteiger partial charge in [0, 0.05) is 23.3 Å². The van der Waals surface area contributed by atoms with Crippen molar-refractivity contribution in [1.29, 1.82) is 0 Å². The van der Waals surface area contributed by atoms with Crippen LogP contribution < -0.4 is 10.6 Å². The Morgan fingerprint density at radius 2 is 2.12 bits per heavy atom. The third kappa shape index (κ3) is 5.03. The van der Waals surface area contributed by atoms with Gasteiger partial charge in [0.25, 0.3) is 0 Å². The Bertz CT molecular complexity index is 865. The maximum atomic E-state index is 6.00. The van der Waals surface area contributed by atoms with Gasteiger partial charge in [-0.15, -0.1) is 0 Å². The Kier molecular flexibility index (Phi) is 6.16. The standard InChI is InChI=1S/C18H19ClN6O/c1-2-20-18(22-11-15-8-3-4-9-21-15)23-12-16-24-17(25-26-16)13-6-5-7-14(19)10-13/h3-10H,2,11-12H2,1H3,(H2,20,22,23). The van der Waals surface area contributed by atoms with Crippen LogP contribution in [0.3, 0.4) is 0 Å². The van der Waals surface area contributed by atoms with Crippen LogP contribution in [0.2, 0.25) is 5.02 Å². The molecule has 0 amide bonds. The Morgan fingerprint density at radius 3 is 2.88 bits per heavy atom. The second-order valence-corrected chi connectivity index (χ2v) is 5.83. The van der Waals surface area contributed by atoms with E-state index in [-0.39, 0.29) is 0 Å². The first kappa shape index (κ1) is 17.9. The molecule has 0 spiro atoms. The third-order valence-electron chi connectivity index (χ3n) is 3.43. The molecule has 7 nitrogen and oxygen atoms in total. The summed E-state index contributed by atoms with van der Waals surface area (Å²) in [5, 5.41) is 11.0. The minimum absolute atomic E-state index is 0.363. The number of hydrogen-bond acceptors (Lipinski definition) is 5. The quantitative estimate of drug-likeness (QED) is 0.512. The van der Waals surface area contributed by atoms with Gasteiger partial charge in [0.05, 0.1) is 18.8 Å². The molecular formula is C18H19ClN6O. The zero-order chi connectivity index (χ0) is 18.2. The first-order valence-corrected chi connectivity index (χ1v) is 8.63. The summed E-state index contributed by atoms with van der Waals surface area (Å²) in [6.07, 6.45) is 1.75. The number of aliphatic imine (C=N–C) groups is 1. The van der Waals surface area contributed by atoms with Crippen LogP contribution >= 0.6 is 11.6 Å². The van der Waals surface area contributed by atoms with Crippen LogP contribution in [-0.4, -0.2) is 27.6 Å². The van der Waals surface area contributed by atoms with E-state index in [1.807, 2.05) is 37.3 Å². The molecule has 0 saturated carbocycles. The number of nitrogens with zero attached hydrogens (tertiary/aromatic N) is 4. The Hall–Kier alpha value is -2.93. The lowest BCUT2D eigenvalue weighted by Crippen LogP contribution is -2.36. The molecule has 0 radical (unpaired) electrons. The highest BCUT2D eigenvalue weighted by Gasteiger charge is 2.09. The fourth-order valence-corrected chi connectivity index (χ4v) is 2.41. The summed E-state index contributed by atoms with van der Waals surface area (Å²) in [7, 11) is 0. The molecule has 134 valence electrons. The fraction of sp³-hybridized carbons (Fsp3) is 0.222. The number of guanidine groups is 1. The van der Waals surface area contributed by atoms with Crippen LogP contribution in [0.15, 0.2) is 58.2 Å². The molecule has 26 heavy (non-hydrogen) atoms. The molecule has 0 unspecified atom stereocenters. The van der Waals surface area contributed by atoms with Gasteiger partial charge in [-0.05, 0) is 31.2 Å². The van der Waals surface area contributed by atoms with Crippen molar-refractivity contribution in [1.82, 2.24) is 25.8 Å². The fourth-order valence-electron chi connectivity index (χ4n) is 2.22. The van der Waals surface area contributed by atoms with Crippen molar-refractivity contribution in [2.75, 3.05) is 6.54 Å². The highest BCUT2D eigenvalue weighted by atomic mass is 35.5. The number of pyridine rings is 1. The molecule has 0 aliphatic heterocycles. The van der Waals surface area contributed by atoms with E-state index in [0.29, 0.717) is 35.8 Å². The predicted octanol–water partition coefficient (Wildman–Crippen LogP) is 3.04. The van der Waals surface area contributed by atoms with Gasteiger partial charge in [-0.2, -0.15) is 4.98 Å². The van der Waals surface area contributed by atoms with E-state index in [9.17, 15) is 0 Å². The van der Waals surface area contributed by atoms with Gasteiger partial charge in [-0.1, -0.05) is 35.0 Å². The average Bonchev–Trinajstić information content (AvgIpc) is 3.14. The van der Waals surface area contributed by atoms with E-state index < -0.39 is 0 Å². The monoisotopic (exact) mass is 370 g/mol. The zero-order valence-electron chi connectivity index (χ0n) is 14.3. The molecule has 0 aliphatic carbocycles. The largest absolute Gasteiger partial charge is 0.357 e.